The number of likely N-dealkylation sites (N-methyl/N-ethyl adjacent to an activating group) is 1. The number of aryl methyl sites for hydroxylation is 1. The van der Waals surface area contributed by atoms with Crippen LogP contribution in [0.25, 0.3) is 0 Å². The highest BCUT2D eigenvalue weighted by atomic mass is 19.1. The van der Waals surface area contributed by atoms with Gasteiger partial charge in [-0.15, -0.1) is 5.10 Å². The van der Waals surface area contributed by atoms with Crippen molar-refractivity contribution in [3.63, 3.8) is 0 Å². The Balaban J connectivity index is 0.656. The highest BCUT2D eigenvalue weighted by molar-refractivity contribution is 6.02. The van der Waals surface area contributed by atoms with Gasteiger partial charge in [-0.05, 0) is 155 Å². The van der Waals surface area contributed by atoms with Gasteiger partial charge in [0.1, 0.15) is 43.3 Å². The third kappa shape index (κ3) is 24.0. The molecule has 1 saturated heterocycles. The van der Waals surface area contributed by atoms with Gasteiger partial charge in [0.05, 0.1) is 118 Å². The number of halogens is 2. The van der Waals surface area contributed by atoms with Crippen LogP contribution in [0, 0.1) is 28.6 Å². The highest BCUT2D eigenvalue weighted by Crippen LogP contribution is 2.72. The highest BCUT2D eigenvalue weighted by Gasteiger charge is 2.80. The molecule has 5 aliphatic carbocycles. The van der Waals surface area contributed by atoms with E-state index in [1.54, 1.807) is 69.3 Å². The number of benzene rings is 2. The molecule has 6 aliphatic rings. The summed E-state index contributed by atoms with van der Waals surface area (Å²) in [6, 6.07) is 9.34. The Morgan fingerprint density at radius 2 is 1.42 bits per heavy atom. The van der Waals surface area contributed by atoms with Gasteiger partial charge in [-0.25, -0.2) is 23.1 Å². The van der Waals surface area contributed by atoms with E-state index in [-0.39, 0.29) is 94.3 Å². The number of primary amides is 1. The van der Waals surface area contributed by atoms with Gasteiger partial charge in [0, 0.05) is 54.1 Å². The molecule has 9 rings (SSSR count). The molecule has 2 unspecified atom stereocenters. The molecule has 3 saturated carbocycles. The van der Waals surface area contributed by atoms with Crippen LogP contribution < -0.4 is 48.7 Å². The number of aliphatic hydroxyl groups excluding tert-OH is 1. The fraction of sp³-hybridized carbons (Fsp3) is 0.675. The number of nitrogens with two attached hydrogens (primary N) is 2. The minimum atomic E-state index is -2.33. The van der Waals surface area contributed by atoms with Gasteiger partial charge < -0.3 is 90.9 Å². The molecule has 14 atom stereocenters. The minimum Gasteiger partial charge on any atom is -0.444 e. The SMILES string of the molecule is CCCC1O[C@@H]2C[C@H]3[C@@H]4C[C@H](F)C5=CC(=O)C=C[C@]5(C)[C@@]4(F)[C@@H](O)C[C@]3(C)[C@]2(C(=O)CCc2ccc(NC(=O)OCc3ccc(NC(=O)[C@H](CCCNC(N)=O)NC(=O)[C@@H](NC(=O)[C@H](N)CCCCNC(=O)COC4CCCCCc5c4nnn5CCOCCOCCOCCOCCC(=O)NCC[N+](C)(C)C)C(C)C)cc3)cc2)O1. The molecular weight excluding hydrogens is 1500 g/mol. The van der Waals surface area contributed by atoms with Crippen molar-refractivity contribution < 1.29 is 99.4 Å². The molecule has 0 bridgehead atoms. The van der Waals surface area contributed by atoms with Crippen LogP contribution in [-0.4, -0.2) is 239 Å². The van der Waals surface area contributed by atoms with Crippen molar-refractivity contribution in [2.24, 2.45) is 40.1 Å². The van der Waals surface area contributed by atoms with E-state index >= 15 is 8.78 Å². The number of anilines is 2. The van der Waals surface area contributed by atoms with Crippen molar-refractivity contribution in [1.82, 2.24) is 41.6 Å². The van der Waals surface area contributed by atoms with Crippen LogP contribution in [0.1, 0.15) is 166 Å². The van der Waals surface area contributed by atoms with E-state index in [0.29, 0.717) is 128 Å². The van der Waals surface area contributed by atoms with Crippen molar-refractivity contribution in [3.8, 4) is 0 Å². The van der Waals surface area contributed by atoms with E-state index in [0.717, 1.165) is 59.7 Å². The first-order chi connectivity index (χ1) is 55.4. The number of amides is 8. The number of nitrogens with one attached hydrogen (secondary N) is 7. The second-order valence-corrected chi connectivity index (χ2v) is 33.1. The molecule has 1 aliphatic heterocycles. The summed E-state index contributed by atoms with van der Waals surface area (Å²) in [6.07, 6.45) is 5.41. The second kappa shape index (κ2) is 42.9. The molecule has 0 radical (unpaired) electrons. The zero-order valence-corrected chi connectivity index (χ0v) is 68.6. The van der Waals surface area contributed by atoms with Crippen LogP contribution in [0.4, 0.5) is 29.7 Å². The van der Waals surface area contributed by atoms with Gasteiger partial charge in [0.2, 0.25) is 29.5 Å². The fourth-order valence-electron chi connectivity index (χ4n) is 17.0. The zero-order chi connectivity index (χ0) is 83.8. The number of hydrogen-bond donors (Lipinski definition) is 10. The molecule has 3 aromatic rings. The number of alkyl halides is 2. The van der Waals surface area contributed by atoms with Crippen molar-refractivity contribution in [1.29, 1.82) is 0 Å². The third-order valence-electron chi connectivity index (χ3n) is 23.4. The van der Waals surface area contributed by atoms with Crippen molar-refractivity contribution in [2.45, 2.75) is 224 Å². The molecule has 2 heterocycles. The lowest BCUT2D eigenvalue weighted by molar-refractivity contribution is -0.869. The molecule has 31 nitrogen and oxygen atoms in total. The van der Waals surface area contributed by atoms with Crippen LogP contribution in [0.15, 0.2) is 72.3 Å². The normalized spacial score (nSPS) is 25.4. The summed E-state index contributed by atoms with van der Waals surface area (Å²) in [5.41, 5.74) is 8.87. The number of fused-ring (bicyclic) bond motifs is 8. The number of nitrogens with zero attached hydrogens (tertiary/aromatic N) is 4. The smallest absolute Gasteiger partial charge is 0.411 e. The van der Waals surface area contributed by atoms with E-state index < -0.39 is 124 Å². The number of hydrogen-bond acceptors (Lipinski definition) is 21. The van der Waals surface area contributed by atoms with Gasteiger partial charge in [0.25, 0.3) is 0 Å². The summed E-state index contributed by atoms with van der Waals surface area (Å²) in [5.74, 6) is -4.87. The van der Waals surface area contributed by atoms with E-state index in [1.165, 1.54) is 12.2 Å². The summed E-state index contributed by atoms with van der Waals surface area (Å²) < 4.78 is 84.3. The Morgan fingerprint density at radius 3 is 2.10 bits per heavy atom. The lowest BCUT2D eigenvalue weighted by Gasteiger charge is -2.63. The van der Waals surface area contributed by atoms with Gasteiger partial charge >= 0.3 is 12.1 Å². The Labute approximate surface area is 678 Å². The number of rotatable bonds is 46. The largest absolute Gasteiger partial charge is 0.444 e. The van der Waals surface area contributed by atoms with Gasteiger partial charge in [0.15, 0.2) is 29.1 Å². The monoisotopic (exact) mass is 1630 g/mol. The number of allylic oxidation sites excluding steroid dienone is 4. The van der Waals surface area contributed by atoms with E-state index in [9.17, 15) is 48.3 Å². The predicted molar refractivity (Wildman–Crippen MR) is 425 cm³/mol. The number of urea groups is 1. The van der Waals surface area contributed by atoms with Gasteiger partial charge in [-0.1, -0.05) is 82.5 Å². The maximum absolute atomic E-state index is 18.0. The third-order valence-corrected chi connectivity index (χ3v) is 23.4. The predicted octanol–water partition coefficient (Wildman–Crippen LogP) is 6.52. The fourth-order valence-corrected chi connectivity index (χ4v) is 17.0. The number of carbonyl (C=O) groups excluding carboxylic acids is 9. The standard InChI is InChI=1S/C83H123F2N13O18/c1-9-16-72-115-69-49-59-60-48-62(84)61-47-58(99)31-33-80(61,4)82(60,85)68(101)50-81(59,5)83(69,116-72)67(100)30-25-54-21-26-57(27-22-54)92-79(108)114-51-55-23-28-56(29-24-55)91-76(105)64(18-15-35-90-78(87)107)93-77(106)73(53(2)3)94-75(104)63(86)17-13-14-34-88-71(103)52-113-66-20-12-10-11-19-65-74(66)95-96-97(65)37-40-110-42-44-112-46-45-111-43-41-109-39-32-70(102)89-36-38-98(6,7)8/h21-24,26-29,31,33,47,53,59-60,62-64,66,68-69,72-73,101H,9-20,25,30,32,34-46,48-52,86H2,1-8H3,(H8-,87,88,89,90,91,92,93,94,102,103,104,105,106,107,108)/p+1/t59-,60-,62-,63+,64-,66?,68-,69+,72?,73-,80-,81-,82-,83+/m0/s1. The second-order valence-electron chi connectivity index (χ2n) is 33.1. The molecule has 116 heavy (non-hydrogen) atoms. The molecule has 2 aromatic carbocycles. The number of aliphatic hydroxyl groups is 1. The summed E-state index contributed by atoms with van der Waals surface area (Å²) in [4.78, 5) is 118. The lowest BCUT2D eigenvalue weighted by atomic mass is 9.44. The summed E-state index contributed by atoms with van der Waals surface area (Å²) in [6.45, 7) is 14.0. The van der Waals surface area contributed by atoms with E-state index in [1.807, 2.05) is 18.5 Å². The van der Waals surface area contributed by atoms with Crippen LogP contribution in [-0.2, 0) is 97.4 Å². The number of carbonyl (C=O) groups is 9. The summed E-state index contributed by atoms with van der Waals surface area (Å²) in [5, 5.41) is 40.2. The first kappa shape index (κ1) is 91.6. The average molecular weight is 1630 g/mol. The average Bonchev–Trinajstić information content (AvgIpc) is 1.47. The van der Waals surface area contributed by atoms with Crippen LogP contribution in [0.2, 0.25) is 0 Å². The molecule has 1 aromatic heterocycles. The zero-order valence-electron chi connectivity index (χ0n) is 68.6. The molecule has 12 N–H and O–H groups in total. The molecule has 0 spiro atoms. The van der Waals surface area contributed by atoms with Crippen LogP contribution >= 0.6 is 0 Å². The number of quaternary nitrogens is 1. The number of ketones is 2. The van der Waals surface area contributed by atoms with Crippen molar-refractivity contribution >= 4 is 64.6 Å². The first-order valence-electron chi connectivity index (χ1n) is 41.2. The number of ether oxygens (including phenoxy) is 8. The van der Waals surface area contributed by atoms with Crippen molar-refractivity contribution in [3.05, 3.63) is 94.8 Å². The molecule has 33 heteroatoms. The summed E-state index contributed by atoms with van der Waals surface area (Å²) in [7, 11) is 6.22. The lowest BCUT2D eigenvalue weighted by Crippen LogP contribution is -2.70. The number of Topliss-reactive ketones (excluding diaryl/α,β-unsaturated/α-hetero) is 1. The van der Waals surface area contributed by atoms with E-state index in [4.69, 9.17) is 49.4 Å². The van der Waals surface area contributed by atoms with Crippen LogP contribution in [0.5, 0.6) is 0 Å². The first-order valence-corrected chi connectivity index (χ1v) is 41.2. The molecule has 642 valence electrons. The summed E-state index contributed by atoms with van der Waals surface area (Å²) >= 11 is 0. The quantitative estimate of drug-likeness (QED) is 0.0212. The van der Waals surface area contributed by atoms with Crippen LogP contribution in [0.3, 0.4) is 0 Å². The van der Waals surface area contributed by atoms with Gasteiger partial charge in [-0.2, -0.15) is 0 Å². The Bertz CT molecular complexity index is 3860. The Morgan fingerprint density at radius 1 is 0.759 bits per heavy atom. The maximum Gasteiger partial charge on any atom is 0.411 e. The maximum atomic E-state index is 18.0. The Hall–Kier alpha value is -8.25. The minimum absolute atomic E-state index is 0.0113. The van der Waals surface area contributed by atoms with Crippen molar-refractivity contribution in [2.75, 3.05) is 117 Å². The van der Waals surface area contributed by atoms with E-state index in [2.05, 4.69) is 68.7 Å². The molecule has 4 fully saturated rings. The Kier molecular flexibility index (Phi) is 33.9. The number of unbranched alkanes of at least 4 members (excludes halogenated alkanes) is 1. The number of aromatic nitrogens is 3. The molecular formula is C83H124F2N13O18+. The molecule has 8 amide bonds. The van der Waals surface area contributed by atoms with Gasteiger partial charge in [-0.3, -0.25) is 38.9 Å². The topological polar surface area (TPSA) is 415 Å².